The van der Waals surface area contributed by atoms with Crippen LogP contribution in [0.1, 0.15) is 5.56 Å². The normalized spacial score (nSPS) is 13.0. The summed E-state index contributed by atoms with van der Waals surface area (Å²) in [7, 11) is 0. The molecule has 2 heterocycles. The molecule has 0 N–H and O–H groups in total. The summed E-state index contributed by atoms with van der Waals surface area (Å²) in [6.45, 7) is 0. The molecular formula is C24H13F5N2S. The molecule has 0 saturated heterocycles. The number of anilines is 3. The highest BCUT2D eigenvalue weighted by Gasteiger charge is 2.39. The number of pyridine rings is 1. The second-order valence-corrected chi connectivity index (χ2v) is 8.13. The standard InChI is InChI=1S/C24H13F5N2S/c25-16-12-30-13-17(26)22(16)14-6-5-7-15(24(27,28)29)23(14)31-18-8-1-3-10-20(18)32-21-11-4-2-9-19(21)31/h1-13H. The smallest absolute Gasteiger partial charge is 0.307 e. The van der Waals surface area contributed by atoms with Gasteiger partial charge in [-0.25, -0.2) is 8.78 Å². The molecule has 8 heteroatoms. The Morgan fingerprint density at radius 3 is 1.84 bits per heavy atom. The Morgan fingerprint density at radius 1 is 0.719 bits per heavy atom. The Kier molecular flexibility index (Phi) is 4.89. The molecule has 0 radical (unpaired) electrons. The van der Waals surface area contributed by atoms with Crippen LogP contribution in [0.5, 0.6) is 0 Å². The van der Waals surface area contributed by atoms with Crippen LogP contribution in [0.25, 0.3) is 11.1 Å². The van der Waals surface area contributed by atoms with Crippen molar-refractivity contribution >= 4 is 28.8 Å². The monoisotopic (exact) mass is 456 g/mol. The summed E-state index contributed by atoms with van der Waals surface area (Å²) in [5.74, 6) is -2.09. The fraction of sp³-hybridized carbons (Fsp3) is 0.0417. The largest absolute Gasteiger partial charge is 0.418 e. The van der Waals surface area contributed by atoms with Crippen LogP contribution in [-0.4, -0.2) is 4.98 Å². The fourth-order valence-electron chi connectivity index (χ4n) is 3.83. The molecule has 4 aromatic rings. The van der Waals surface area contributed by atoms with E-state index in [1.807, 2.05) is 0 Å². The zero-order valence-corrected chi connectivity index (χ0v) is 17.0. The summed E-state index contributed by atoms with van der Waals surface area (Å²) < 4.78 is 72.1. The first kappa shape index (κ1) is 20.5. The molecule has 0 aliphatic carbocycles. The van der Waals surface area contributed by atoms with Gasteiger partial charge in [-0.05, 0) is 30.3 Å². The van der Waals surface area contributed by atoms with Crippen molar-refractivity contribution in [2.75, 3.05) is 4.90 Å². The third-order valence-electron chi connectivity index (χ3n) is 5.12. The zero-order chi connectivity index (χ0) is 22.5. The van der Waals surface area contributed by atoms with Gasteiger partial charge in [0.25, 0.3) is 0 Å². The van der Waals surface area contributed by atoms with Crippen molar-refractivity contribution in [3.63, 3.8) is 0 Å². The van der Waals surface area contributed by atoms with Gasteiger partial charge in [0.15, 0.2) is 11.6 Å². The van der Waals surface area contributed by atoms with E-state index < -0.39 is 28.9 Å². The van der Waals surface area contributed by atoms with E-state index in [9.17, 15) is 22.0 Å². The number of rotatable bonds is 2. The lowest BCUT2D eigenvalue weighted by Gasteiger charge is -2.35. The summed E-state index contributed by atoms with van der Waals surface area (Å²) in [5.41, 5.74) is -1.14. The van der Waals surface area contributed by atoms with E-state index in [0.29, 0.717) is 11.4 Å². The Morgan fingerprint density at radius 2 is 1.28 bits per heavy atom. The summed E-state index contributed by atoms with van der Waals surface area (Å²) in [4.78, 5) is 6.35. The number of halogens is 5. The van der Waals surface area contributed by atoms with Crippen LogP contribution in [0.4, 0.5) is 39.0 Å². The molecule has 0 unspecified atom stereocenters. The van der Waals surface area contributed by atoms with E-state index in [-0.39, 0.29) is 11.3 Å². The Hall–Kier alpha value is -3.39. The van der Waals surface area contributed by atoms with Crippen molar-refractivity contribution in [3.05, 3.63) is 96.3 Å². The lowest BCUT2D eigenvalue weighted by Crippen LogP contribution is -2.20. The molecule has 0 spiro atoms. The van der Waals surface area contributed by atoms with Crippen LogP contribution < -0.4 is 4.90 Å². The summed E-state index contributed by atoms with van der Waals surface area (Å²) in [6.07, 6.45) is -3.19. The Labute approximate surface area is 184 Å². The maximum Gasteiger partial charge on any atom is 0.418 e. The first-order valence-electron chi connectivity index (χ1n) is 9.52. The van der Waals surface area contributed by atoms with E-state index in [1.165, 1.54) is 22.7 Å². The number of hydrogen-bond acceptors (Lipinski definition) is 3. The number of fused-ring (bicyclic) bond motifs is 2. The van der Waals surface area contributed by atoms with Crippen LogP contribution in [0.15, 0.2) is 88.9 Å². The van der Waals surface area contributed by atoms with Crippen molar-refractivity contribution < 1.29 is 22.0 Å². The first-order valence-corrected chi connectivity index (χ1v) is 10.3. The van der Waals surface area contributed by atoms with Gasteiger partial charge >= 0.3 is 6.18 Å². The molecule has 5 rings (SSSR count). The third-order valence-corrected chi connectivity index (χ3v) is 6.25. The molecule has 0 fully saturated rings. The van der Waals surface area contributed by atoms with Gasteiger partial charge in [-0.2, -0.15) is 13.2 Å². The lowest BCUT2D eigenvalue weighted by molar-refractivity contribution is -0.137. The molecule has 32 heavy (non-hydrogen) atoms. The van der Waals surface area contributed by atoms with Crippen LogP contribution in [0.3, 0.4) is 0 Å². The summed E-state index contributed by atoms with van der Waals surface area (Å²) >= 11 is 1.42. The topological polar surface area (TPSA) is 16.1 Å². The molecular weight excluding hydrogens is 443 g/mol. The van der Waals surface area contributed by atoms with E-state index in [4.69, 9.17) is 0 Å². The van der Waals surface area contributed by atoms with Crippen molar-refractivity contribution in [1.29, 1.82) is 0 Å². The highest BCUT2D eigenvalue weighted by atomic mass is 32.2. The predicted molar refractivity (Wildman–Crippen MR) is 113 cm³/mol. The molecule has 0 saturated carbocycles. The molecule has 0 amide bonds. The predicted octanol–water partition coefficient (Wildman–Crippen LogP) is 7.98. The number of hydrogen-bond donors (Lipinski definition) is 0. The molecule has 1 aliphatic rings. The molecule has 160 valence electrons. The SMILES string of the molecule is Fc1cncc(F)c1-c1cccc(C(F)(F)F)c1N1c2ccccc2Sc2ccccc21. The molecule has 2 nitrogen and oxygen atoms in total. The van der Waals surface area contributed by atoms with E-state index in [0.717, 1.165) is 34.3 Å². The van der Waals surface area contributed by atoms with E-state index in [2.05, 4.69) is 4.98 Å². The van der Waals surface area contributed by atoms with Gasteiger partial charge < -0.3 is 4.90 Å². The number of alkyl halides is 3. The second kappa shape index (κ2) is 7.63. The molecule has 1 aliphatic heterocycles. The van der Waals surface area contributed by atoms with Gasteiger partial charge in [0.1, 0.15) is 0 Å². The highest BCUT2D eigenvalue weighted by molar-refractivity contribution is 7.99. The molecule has 3 aromatic carbocycles. The average Bonchev–Trinajstić information content (AvgIpc) is 2.77. The lowest BCUT2D eigenvalue weighted by atomic mass is 9.97. The van der Waals surface area contributed by atoms with Gasteiger partial charge in [0, 0.05) is 15.4 Å². The number of nitrogens with zero attached hydrogens (tertiary/aromatic N) is 2. The number of benzene rings is 3. The van der Waals surface area contributed by atoms with Gasteiger partial charge in [0.2, 0.25) is 0 Å². The minimum absolute atomic E-state index is 0.214. The van der Waals surface area contributed by atoms with Crippen LogP contribution in [0, 0.1) is 11.6 Å². The van der Waals surface area contributed by atoms with Gasteiger partial charge in [-0.1, -0.05) is 48.2 Å². The fourth-order valence-corrected chi connectivity index (χ4v) is 4.89. The van der Waals surface area contributed by atoms with Crippen molar-refractivity contribution in [3.8, 4) is 11.1 Å². The molecule has 1 aromatic heterocycles. The van der Waals surface area contributed by atoms with Crippen LogP contribution in [0.2, 0.25) is 0 Å². The Bertz CT molecular complexity index is 1270. The second-order valence-electron chi connectivity index (χ2n) is 7.05. The van der Waals surface area contributed by atoms with Crippen LogP contribution >= 0.6 is 11.8 Å². The highest BCUT2D eigenvalue weighted by Crippen LogP contribution is 2.55. The van der Waals surface area contributed by atoms with Crippen molar-refractivity contribution in [2.45, 2.75) is 16.0 Å². The molecule has 0 atom stereocenters. The van der Waals surface area contributed by atoms with Crippen molar-refractivity contribution in [1.82, 2.24) is 4.98 Å². The number of aromatic nitrogens is 1. The summed E-state index contributed by atoms with van der Waals surface area (Å²) in [6, 6.07) is 17.3. The Balaban J connectivity index is 1.91. The maximum absolute atomic E-state index is 14.7. The number of para-hydroxylation sites is 3. The van der Waals surface area contributed by atoms with E-state index >= 15 is 0 Å². The first-order chi connectivity index (χ1) is 15.4. The third kappa shape index (κ3) is 3.31. The van der Waals surface area contributed by atoms with Gasteiger partial charge in [-0.3, -0.25) is 4.98 Å². The van der Waals surface area contributed by atoms with Gasteiger partial charge in [-0.15, -0.1) is 0 Å². The zero-order valence-electron chi connectivity index (χ0n) is 16.2. The maximum atomic E-state index is 14.7. The van der Waals surface area contributed by atoms with Crippen LogP contribution in [-0.2, 0) is 6.18 Å². The minimum Gasteiger partial charge on any atom is -0.307 e. The average molecular weight is 456 g/mol. The molecule has 0 bridgehead atoms. The quantitative estimate of drug-likeness (QED) is 0.251. The summed E-state index contributed by atoms with van der Waals surface area (Å²) in [5, 5.41) is 0. The van der Waals surface area contributed by atoms with E-state index in [1.54, 1.807) is 48.5 Å². The minimum atomic E-state index is -4.76. The van der Waals surface area contributed by atoms with Crippen molar-refractivity contribution in [2.24, 2.45) is 0 Å². The van der Waals surface area contributed by atoms with Gasteiger partial charge in [0.05, 0.1) is 40.6 Å².